The molecule has 0 aliphatic rings. The minimum absolute atomic E-state index is 0.824. The number of rotatable bonds is 2. The fraction of sp³-hybridized carbons (Fsp3) is 0.333. The van der Waals surface area contributed by atoms with Gasteiger partial charge in [-0.05, 0) is 40.0 Å². The van der Waals surface area contributed by atoms with Crippen molar-refractivity contribution in [2.45, 2.75) is 37.1 Å². The van der Waals surface area contributed by atoms with Crippen LogP contribution in [0.25, 0.3) is 0 Å². The van der Waals surface area contributed by atoms with Crippen molar-refractivity contribution < 1.29 is 79.0 Å². The molecule has 0 bridgehead atoms. The maximum atomic E-state index is 13.4. The quantitative estimate of drug-likeness (QED) is 0.231. The molecule has 212 valence electrons. The van der Waals surface area contributed by atoms with Gasteiger partial charge < -0.3 is 0 Å². The number of benzene rings is 2. The topological polar surface area (TPSA) is 0 Å². The normalized spacial score (nSPS) is 14.5. The minimum Gasteiger partial charge on any atom is -0.166 e. The van der Waals surface area contributed by atoms with E-state index in [2.05, 4.69) is 0 Å². The molecule has 2 aromatic carbocycles. The maximum absolute atomic E-state index is 13.4. The van der Waals surface area contributed by atoms with Gasteiger partial charge in [-0.1, -0.05) is 0 Å². The molecule has 0 aliphatic carbocycles. The predicted octanol–water partition coefficient (Wildman–Crippen LogP) is 9.56. The summed E-state index contributed by atoms with van der Waals surface area (Å²) in [6, 6.07) is -3.30. The summed E-state index contributed by atoms with van der Waals surface area (Å²) in [5.74, 6) is 0. The van der Waals surface area contributed by atoms with Gasteiger partial charge in [0, 0.05) is 10.6 Å². The molecule has 0 nitrogen and oxygen atoms in total. The van der Waals surface area contributed by atoms with E-state index in [9.17, 15) is 79.0 Å². The van der Waals surface area contributed by atoms with Gasteiger partial charge in [-0.2, -0.15) is 79.0 Å². The Bertz CT molecular complexity index is 1050. The van der Waals surface area contributed by atoms with E-state index in [0.29, 0.717) is 0 Å². The molecule has 0 amide bonds. The Morgan fingerprint density at radius 3 is 0.632 bits per heavy atom. The molecule has 0 N–H and O–H groups in total. The van der Waals surface area contributed by atoms with Gasteiger partial charge in [-0.25, -0.2) is 0 Å². The Hall–Kier alpha value is -2.22. The fourth-order valence-corrected chi connectivity index (χ4v) is 6.07. The number of hydrogen-bond donors (Lipinski definition) is 0. The summed E-state index contributed by atoms with van der Waals surface area (Å²) in [5, 5.41) is -4.36. The van der Waals surface area contributed by atoms with Crippen molar-refractivity contribution in [3.63, 3.8) is 0 Å². The van der Waals surface area contributed by atoms with Crippen LogP contribution in [0.4, 0.5) is 79.0 Å². The van der Waals surface area contributed by atoms with Gasteiger partial charge in [0.1, 0.15) is 0 Å². The maximum Gasteiger partial charge on any atom is 0.417 e. The molecular formula is C18H4F18P2. The molecule has 0 unspecified atom stereocenters. The van der Waals surface area contributed by atoms with Crippen molar-refractivity contribution in [1.29, 1.82) is 0 Å². The highest BCUT2D eigenvalue weighted by atomic mass is 31.7. The van der Waals surface area contributed by atoms with Crippen molar-refractivity contribution in [3.8, 4) is 0 Å². The van der Waals surface area contributed by atoms with Crippen molar-refractivity contribution in [2.75, 3.05) is 0 Å². The summed E-state index contributed by atoms with van der Waals surface area (Å²) in [4.78, 5) is 0. The zero-order valence-corrected chi connectivity index (χ0v) is 18.8. The fourth-order valence-electron chi connectivity index (χ4n) is 2.78. The third-order valence-corrected chi connectivity index (χ3v) is 7.31. The van der Waals surface area contributed by atoms with Crippen molar-refractivity contribution >= 4 is 26.3 Å². The average Bonchev–Trinajstić information content (AvgIpc) is 2.66. The molecule has 0 fully saturated rings. The third-order valence-electron chi connectivity index (χ3n) is 4.35. The average molecular weight is 624 g/mol. The van der Waals surface area contributed by atoms with Gasteiger partial charge in [-0.15, -0.1) is 0 Å². The van der Waals surface area contributed by atoms with E-state index < -0.39 is 121 Å². The van der Waals surface area contributed by atoms with Gasteiger partial charge in [-0.3, -0.25) is 0 Å². The van der Waals surface area contributed by atoms with Gasteiger partial charge in [0.15, 0.2) is 0 Å². The standard InChI is InChI=1S/C18H4F18P2/c19-13(20,21)5-1-7(15(25,26)27)11(8(2-5)16(28,29)30)37-38-12-9(17(31,32)33)3-6(14(22,23)24)4-10(12)18(34,35)36/h1-4H. The van der Waals surface area contributed by atoms with E-state index in [-0.39, 0.29) is 0 Å². The van der Waals surface area contributed by atoms with Gasteiger partial charge in [0.25, 0.3) is 0 Å². The summed E-state index contributed by atoms with van der Waals surface area (Å²) < 4.78 is 238. The zero-order chi connectivity index (χ0) is 29.9. The Labute approximate surface area is 201 Å². The van der Waals surface area contributed by atoms with Crippen LogP contribution < -0.4 is 10.6 Å². The molecule has 0 spiro atoms. The molecule has 20 heteroatoms. The first-order valence-corrected chi connectivity index (χ1v) is 11.4. The van der Waals surface area contributed by atoms with Crippen LogP contribution in [0.15, 0.2) is 24.3 Å². The lowest BCUT2D eigenvalue weighted by Gasteiger charge is -2.20. The van der Waals surface area contributed by atoms with Crippen LogP contribution in [0.2, 0.25) is 0 Å². The summed E-state index contributed by atoms with van der Waals surface area (Å²) in [6.45, 7) is 0. The van der Waals surface area contributed by atoms with Gasteiger partial charge >= 0.3 is 37.1 Å². The Morgan fingerprint density at radius 1 is 0.316 bits per heavy atom. The number of alkyl halides is 18. The smallest absolute Gasteiger partial charge is 0.166 e. The summed E-state index contributed by atoms with van der Waals surface area (Å²) in [5.41, 5.74) is -15.7. The van der Waals surface area contributed by atoms with E-state index in [1.165, 1.54) is 0 Å². The Balaban J connectivity index is 3.07. The molecule has 2 rings (SSSR count). The molecule has 38 heavy (non-hydrogen) atoms. The van der Waals surface area contributed by atoms with Crippen molar-refractivity contribution in [3.05, 3.63) is 57.6 Å². The second-order valence-corrected chi connectivity index (χ2v) is 9.52. The van der Waals surface area contributed by atoms with Gasteiger partial charge in [0.05, 0.1) is 33.4 Å². The van der Waals surface area contributed by atoms with Crippen molar-refractivity contribution in [2.24, 2.45) is 0 Å². The minimum atomic E-state index is -6.01. The Kier molecular flexibility index (Phi) is 8.21. The highest BCUT2D eigenvalue weighted by Gasteiger charge is 2.46. The second-order valence-electron chi connectivity index (χ2n) is 7.03. The number of hydrogen-bond acceptors (Lipinski definition) is 0. The SMILES string of the molecule is FC(F)(F)c1cc(C(F)(F)F)c(P=Pc2c(C(F)(F)F)cc(C(F)(F)F)cc2C(F)(F)F)c(C(F)(F)F)c1. The van der Waals surface area contributed by atoms with E-state index in [4.69, 9.17) is 0 Å². The van der Waals surface area contributed by atoms with Crippen LogP contribution in [0.5, 0.6) is 0 Å². The molecule has 0 saturated heterocycles. The molecule has 0 aliphatic heterocycles. The first-order chi connectivity index (χ1) is 16.6. The number of halogens is 18. The van der Waals surface area contributed by atoms with Crippen LogP contribution in [0.1, 0.15) is 33.4 Å². The van der Waals surface area contributed by atoms with Gasteiger partial charge in [0.2, 0.25) is 0 Å². The molecule has 0 heterocycles. The lowest BCUT2D eigenvalue weighted by Crippen LogP contribution is -2.27. The lowest BCUT2D eigenvalue weighted by molar-refractivity contribution is -0.149. The van der Waals surface area contributed by atoms with E-state index in [1.54, 1.807) is 0 Å². The molecule has 0 saturated carbocycles. The summed E-state index contributed by atoms with van der Waals surface area (Å²) in [6.07, 6.45) is -35.6. The Morgan fingerprint density at radius 2 is 0.500 bits per heavy atom. The second kappa shape index (κ2) is 9.76. The highest BCUT2D eigenvalue weighted by Crippen LogP contribution is 2.45. The van der Waals surface area contributed by atoms with Crippen LogP contribution in [0.3, 0.4) is 0 Å². The first-order valence-electron chi connectivity index (χ1n) is 8.86. The highest BCUT2D eigenvalue weighted by molar-refractivity contribution is 7.91. The summed E-state index contributed by atoms with van der Waals surface area (Å²) in [7, 11) is -3.42. The van der Waals surface area contributed by atoms with Crippen LogP contribution in [-0.2, 0) is 37.1 Å². The van der Waals surface area contributed by atoms with Crippen LogP contribution in [0, 0.1) is 0 Å². The molecule has 0 atom stereocenters. The van der Waals surface area contributed by atoms with Crippen LogP contribution >= 0.6 is 15.7 Å². The lowest BCUT2D eigenvalue weighted by atomic mass is 10.0. The van der Waals surface area contributed by atoms with Crippen molar-refractivity contribution in [1.82, 2.24) is 0 Å². The van der Waals surface area contributed by atoms with E-state index in [1.807, 2.05) is 0 Å². The monoisotopic (exact) mass is 624 g/mol. The molecular weight excluding hydrogens is 620 g/mol. The summed E-state index contributed by atoms with van der Waals surface area (Å²) >= 11 is 0. The molecule has 2 aromatic rings. The van der Waals surface area contributed by atoms with E-state index in [0.717, 1.165) is 0 Å². The predicted molar refractivity (Wildman–Crippen MR) is 96.0 cm³/mol. The third kappa shape index (κ3) is 7.25. The first kappa shape index (κ1) is 32.0. The van der Waals surface area contributed by atoms with E-state index >= 15 is 0 Å². The zero-order valence-electron chi connectivity index (χ0n) is 17.0. The largest absolute Gasteiger partial charge is 0.417 e. The molecule has 0 radical (unpaired) electrons. The molecule has 0 aromatic heterocycles. The van der Waals surface area contributed by atoms with Crippen LogP contribution in [-0.4, -0.2) is 0 Å².